The van der Waals surface area contributed by atoms with Crippen molar-refractivity contribution < 1.29 is 14.3 Å². The van der Waals surface area contributed by atoms with Crippen LogP contribution in [0.1, 0.15) is 131 Å². The Morgan fingerprint density at radius 2 is 0.861 bits per heavy atom. The molecule has 3 heteroatoms. The third kappa shape index (κ3) is 6.52. The molecule has 36 heavy (non-hydrogen) atoms. The van der Waals surface area contributed by atoms with Gasteiger partial charge in [0.05, 0.1) is 0 Å². The maximum absolute atomic E-state index is 13.1. The summed E-state index contributed by atoms with van der Waals surface area (Å²) in [5, 5.41) is 0. The molecule has 0 atom stereocenters. The van der Waals surface area contributed by atoms with Crippen molar-refractivity contribution in [1.29, 1.82) is 0 Å². The first-order valence-corrected chi connectivity index (χ1v) is 13.7. The predicted octanol–water partition coefficient (Wildman–Crippen LogP) is 10.0. The summed E-state index contributed by atoms with van der Waals surface area (Å²) >= 11 is 0. The minimum Gasteiger partial charge on any atom is -0.394 e. The van der Waals surface area contributed by atoms with Crippen LogP contribution >= 0.6 is 0 Å². The normalized spacial score (nSPS) is 13.0. The van der Waals surface area contributed by atoms with E-state index in [4.69, 9.17) is 9.47 Å². The summed E-state index contributed by atoms with van der Waals surface area (Å²) in [7, 11) is 0. The molecule has 0 saturated carbocycles. The number of ether oxygens (including phenoxy) is 2. The van der Waals surface area contributed by atoms with Crippen LogP contribution in [0.5, 0.6) is 11.5 Å². The number of hydrogen-bond acceptors (Lipinski definition) is 3. The SMILES string of the molecule is CCC(C)(C)c1ccc(OC(=O)Oc2ccc(C(C)(C)CC)cc2C(C)(C)CC)c(C(C)(C)CC)c1. The molecule has 0 radical (unpaired) electrons. The van der Waals surface area contributed by atoms with Crippen LogP contribution in [0, 0.1) is 0 Å². The fraction of sp³-hybridized carbons (Fsp3) is 0.606. The molecule has 0 unspecified atom stereocenters. The Morgan fingerprint density at radius 1 is 0.556 bits per heavy atom. The van der Waals surface area contributed by atoms with Gasteiger partial charge in [0, 0.05) is 11.1 Å². The molecule has 2 aromatic carbocycles. The van der Waals surface area contributed by atoms with E-state index in [1.54, 1.807) is 0 Å². The molecule has 200 valence electrons. The second-order valence-electron chi connectivity index (χ2n) is 12.8. The summed E-state index contributed by atoms with van der Waals surface area (Å²) < 4.78 is 11.8. The van der Waals surface area contributed by atoms with E-state index < -0.39 is 6.16 Å². The van der Waals surface area contributed by atoms with Gasteiger partial charge in [-0.3, -0.25) is 0 Å². The summed E-state index contributed by atoms with van der Waals surface area (Å²) in [4.78, 5) is 13.1. The average Bonchev–Trinajstić information content (AvgIpc) is 2.83. The Balaban J connectivity index is 2.47. The van der Waals surface area contributed by atoms with Crippen LogP contribution in [-0.4, -0.2) is 6.16 Å². The average molecular weight is 495 g/mol. The van der Waals surface area contributed by atoms with E-state index in [-0.39, 0.29) is 21.7 Å². The van der Waals surface area contributed by atoms with Crippen LogP contribution in [0.25, 0.3) is 0 Å². The van der Waals surface area contributed by atoms with Gasteiger partial charge in [0.25, 0.3) is 0 Å². The quantitative estimate of drug-likeness (QED) is 0.243. The molecular weight excluding hydrogens is 444 g/mol. The molecule has 0 heterocycles. The lowest BCUT2D eigenvalue weighted by Gasteiger charge is -2.31. The number of rotatable bonds is 10. The molecule has 0 fully saturated rings. The maximum atomic E-state index is 13.1. The molecule has 0 aromatic heterocycles. The standard InChI is InChI=1S/C33H50O3/c1-13-30(5,6)23-17-19-27(25(21-23)32(9,10)15-3)35-29(34)36-28-20-18-24(31(7,8)14-2)22-26(28)33(11,12)16-4/h17-22H,13-16H2,1-12H3. The van der Waals surface area contributed by atoms with E-state index in [1.165, 1.54) is 11.1 Å². The van der Waals surface area contributed by atoms with Gasteiger partial charge in [-0.1, -0.05) is 107 Å². The highest BCUT2D eigenvalue weighted by molar-refractivity contribution is 5.69. The van der Waals surface area contributed by atoms with Crippen molar-refractivity contribution in [3.05, 3.63) is 58.7 Å². The minimum atomic E-state index is -0.693. The molecule has 0 N–H and O–H groups in total. The summed E-state index contributed by atoms with van der Waals surface area (Å²) in [6.07, 6.45) is 3.22. The lowest BCUT2D eigenvalue weighted by Crippen LogP contribution is -2.24. The molecular formula is C33H50O3. The highest BCUT2D eigenvalue weighted by atomic mass is 16.7. The minimum absolute atomic E-state index is 0.0479. The van der Waals surface area contributed by atoms with Crippen LogP contribution < -0.4 is 9.47 Å². The topological polar surface area (TPSA) is 35.5 Å². The molecule has 0 saturated heterocycles. The van der Waals surface area contributed by atoms with Crippen LogP contribution in [0.2, 0.25) is 0 Å². The lowest BCUT2D eigenvalue weighted by molar-refractivity contribution is 0.149. The third-order valence-electron chi connectivity index (χ3n) is 8.90. The van der Waals surface area contributed by atoms with E-state index in [1.807, 2.05) is 12.1 Å². The van der Waals surface area contributed by atoms with Gasteiger partial charge in [-0.05, 0) is 70.6 Å². The van der Waals surface area contributed by atoms with Gasteiger partial charge in [0.15, 0.2) is 0 Å². The van der Waals surface area contributed by atoms with Crippen molar-refractivity contribution in [2.24, 2.45) is 0 Å². The van der Waals surface area contributed by atoms with Crippen LogP contribution in [0.15, 0.2) is 36.4 Å². The Hall–Kier alpha value is -2.29. The van der Waals surface area contributed by atoms with Crippen molar-refractivity contribution in [3.8, 4) is 11.5 Å². The Morgan fingerprint density at radius 3 is 1.14 bits per heavy atom. The summed E-state index contributed by atoms with van der Waals surface area (Å²) in [5.41, 5.74) is 4.39. The van der Waals surface area contributed by atoms with Gasteiger partial charge >= 0.3 is 6.16 Å². The van der Waals surface area contributed by atoms with E-state index in [2.05, 4.69) is 107 Å². The molecule has 0 bridgehead atoms. The number of hydrogen-bond donors (Lipinski definition) is 0. The van der Waals surface area contributed by atoms with Gasteiger partial charge in [-0.15, -0.1) is 0 Å². The maximum Gasteiger partial charge on any atom is 0.519 e. The Bertz CT molecular complexity index is 973. The van der Waals surface area contributed by atoms with Crippen molar-refractivity contribution in [3.63, 3.8) is 0 Å². The predicted molar refractivity (Wildman–Crippen MR) is 153 cm³/mol. The smallest absolute Gasteiger partial charge is 0.394 e. The van der Waals surface area contributed by atoms with Crippen molar-refractivity contribution in [2.45, 2.75) is 130 Å². The fourth-order valence-corrected chi connectivity index (χ4v) is 4.13. The number of carbonyl (C=O) groups excluding carboxylic acids is 1. The molecule has 2 rings (SSSR count). The van der Waals surface area contributed by atoms with E-state index in [0.717, 1.165) is 36.8 Å². The third-order valence-corrected chi connectivity index (χ3v) is 8.90. The molecule has 0 aliphatic carbocycles. The summed E-state index contributed by atoms with van der Waals surface area (Å²) in [6.45, 7) is 26.5. The van der Waals surface area contributed by atoms with E-state index >= 15 is 0 Å². The molecule has 2 aromatic rings. The van der Waals surface area contributed by atoms with Gasteiger partial charge in [-0.2, -0.15) is 0 Å². The summed E-state index contributed by atoms with van der Waals surface area (Å²) in [6, 6.07) is 12.4. The first kappa shape index (κ1) is 29.9. The fourth-order valence-electron chi connectivity index (χ4n) is 4.13. The molecule has 0 aliphatic heterocycles. The highest BCUT2D eigenvalue weighted by Crippen LogP contribution is 2.40. The second kappa shape index (κ2) is 11.0. The van der Waals surface area contributed by atoms with Crippen LogP contribution in [0.4, 0.5) is 4.79 Å². The van der Waals surface area contributed by atoms with Crippen molar-refractivity contribution in [1.82, 2.24) is 0 Å². The highest BCUT2D eigenvalue weighted by Gasteiger charge is 2.30. The first-order valence-electron chi connectivity index (χ1n) is 13.7. The Kier molecular flexibility index (Phi) is 9.14. The van der Waals surface area contributed by atoms with E-state index in [0.29, 0.717) is 11.5 Å². The monoisotopic (exact) mass is 494 g/mol. The largest absolute Gasteiger partial charge is 0.519 e. The molecule has 0 aliphatic rings. The number of benzene rings is 2. The lowest BCUT2D eigenvalue weighted by atomic mass is 9.76. The number of carbonyl (C=O) groups is 1. The van der Waals surface area contributed by atoms with Crippen LogP contribution in [-0.2, 0) is 21.7 Å². The van der Waals surface area contributed by atoms with Crippen molar-refractivity contribution in [2.75, 3.05) is 0 Å². The van der Waals surface area contributed by atoms with Gasteiger partial charge in [0.1, 0.15) is 11.5 Å². The second-order valence-corrected chi connectivity index (χ2v) is 12.8. The van der Waals surface area contributed by atoms with E-state index in [9.17, 15) is 4.79 Å². The van der Waals surface area contributed by atoms with Gasteiger partial charge in [0.2, 0.25) is 0 Å². The van der Waals surface area contributed by atoms with Gasteiger partial charge < -0.3 is 9.47 Å². The van der Waals surface area contributed by atoms with Gasteiger partial charge in [-0.25, -0.2) is 4.79 Å². The Labute approximate surface area is 221 Å². The molecule has 3 nitrogen and oxygen atoms in total. The first-order chi connectivity index (χ1) is 16.5. The zero-order chi connectivity index (χ0) is 27.5. The van der Waals surface area contributed by atoms with Crippen molar-refractivity contribution >= 4 is 6.16 Å². The molecule has 0 amide bonds. The zero-order valence-electron chi connectivity index (χ0n) is 25.0. The summed E-state index contributed by atoms with van der Waals surface area (Å²) in [5.74, 6) is 1.14. The van der Waals surface area contributed by atoms with Crippen LogP contribution in [0.3, 0.4) is 0 Å². The molecule has 0 spiro atoms. The zero-order valence-corrected chi connectivity index (χ0v) is 25.0.